The van der Waals surface area contributed by atoms with E-state index in [4.69, 9.17) is 0 Å². The monoisotopic (exact) mass is 293 g/mol. The van der Waals surface area contributed by atoms with E-state index in [2.05, 4.69) is 52.3 Å². The summed E-state index contributed by atoms with van der Waals surface area (Å²) < 4.78 is 3.05. The second-order valence-electron chi connectivity index (χ2n) is 3.92. The molecule has 1 heterocycles. The van der Waals surface area contributed by atoms with E-state index in [-0.39, 0.29) is 0 Å². The molecular weight excluding hydrogens is 278 g/mol. The van der Waals surface area contributed by atoms with Crippen molar-refractivity contribution in [2.45, 2.75) is 20.4 Å². The van der Waals surface area contributed by atoms with Crippen molar-refractivity contribution >= 4 is 15.9 Å². The Morgan fingerprint density at radius 3 is 2.65 bits per heavy atom. The zero-order chi connectivity index (χ0) is 12.3. The van der Waals surface area contributed by atoms with Crippen molar-refractivity contribution in [3.05, 3.63) is 46.2 Å². The molecule has 3 nitrogen and oxygen atoms in total. The van der Waals surface area contributed by atoms with Gasteiger partial charge in [-0.25, -0.2) is 4.68 Å². The average molecular weight is 294 g/mol. The summed E-state index contributed by atoms with van der Waals surface area (Å²) in [6.07, 6.45) is 1.93. The fraction of sp³-hybridized carbons (Fsp3) is 0.308. The summed E-state index contributed by atoms with van der Waals surface area (Å²) in [4.78, 5) is 0. The Labute approximate surface area is 110 Å². The van der Waals surface area contributed by atoms with Gasteiger partial charge in [-0.1, -0.05) is 22.9 Å². The predicted molar refractivity (Wildman–Crippen MR) is 73.4 cm³/mol. The standard InChI is InChI=1S/C13H16BrN3/c1-3-15-8-11-9-16-17(10(11)2)13-6-4-12(14)5-7-13/h4-7,9,15H,3,8H2,1-2H3. The van der Waals surface area contributed by atoms with Gasteiger partial charge in [-0.05, 0) is 37.7 Å². The lowest BCUT2D eigenvalue weighted by atomic mass is 10.2. The molecule has 0 aliphatic rings. The lowest BCUT2D eigenvalue weighted by molar-refractivity contribution is 0.721. The van der Waals surface area contributed by atoms with Crippen LogP contribution in [0.2, 0.25) is 0 Å². The number of hydrogen-bond acceptors (Lipinski definition) is 2. The summed E-state index contributed by atoms with van der Waals surface area (Å²) in [5.74, 6) is 0. The Hall–Kier alpha value is -1.13. The number of nitrogens with one attached hydrogen (secondary N) is 1. The second-order valence-corrected chi connectivity index (χ2v) is 4.84. The van der Waals surface area contributed by atoms with Crippen molar-refractivity contribution in [1.82, 2.24) is 15.1 Å². The highest BCUT2D eigenvalue weighted by atomic mass is 79.9. The molecule has 2 aromatic rings. The molecule has 0 atom stereocenters. The summed E-state index contributed by atoms with van der Waals surface area (Å²) in [6.45, 7) is 6.05. The summed E-state index contributed by atoms with van der Waals surface area (Å²) >= 11 is 3.44. The van der Waals surface area contributed by atoms with Crippen LogP contribution in [0.25, 0.3) is 5.69 Å². The van der Waals surface area contributed by atoms with Gasteiger partial charge in [0.05, 0.1) is 11.9 Å². The van der Waals surface area contributed by atoms with Gasteiger partial charge in [0.2, 0.25) is 0 Å². The van der Waals surface area contributed by atoms with Crippen LogP contribution in [0.1, 0.15) is 18.2 Å². The van der Waals surface area contributed by atoms with Gasteiger partial charge in [0.25, 0.3) is 0 Å². The number of halogens is 1. The van der Waals surface area contributed by atoms with E-state index >= 15 is 0 Å². The van der Waals surface area contributed by atoms with Crippen molar-refractivity contribution in [3.8, 4) is 5.69 Å². The van der Waals surface area contributed by atoms with Crippen LogP contribution in [0.5, 0.6) is 0 Å². The highest BCUT2D eigenvalue weighted by Gasteiger charge is 2.07. The van der Waals surface area contributed by atoms with Crippen LogP contribution < -0.4 is 5.32 Å². The molecule has 0 radical (unpaired) electrons. The molecule has 90 valence electrons. The SMILES string of the molecule is CCNCc1cnn(-c2ccc(Br)cc2)c1C. The number of rotatable bonds is 4. The van der Waals surface area contributed by atoms with Gasteiger partial charge < -0.3 is 5.32 Å². The first-order valence-electron chi connectivity index (χ1n) is 5.72. The molecule has 0 aliphatic heterocycles. The molecular formula is C13H16BrN3. The zero-order valence-electron chi connectivity index (χ0n) is 10.1. The minimum Gasteiger partial charge on any atom is -0.313 e. The maximum absolute atomic E-state index is 4.43. The Bertz CT molecular complexity index is 488. The van der Waals surface area contributed by atoms with Gasteiger partial charge in [0.15, 0.2) is 0 Å². The van der Waals surface area contributed by atoms with Crippen LogP contribution in [0.4, 0.5) is 0 Å². The first kappa shape index (κ1) is 12.3. The average Bonchev–Trinajstić information content (AvgIpc) is 2.69. The Balaban J connectivity index is 2.27. The third-order valence-electron chi connectivity index (χ3n) is 2.75. The summed E-state index contributed by atoms with van der Waals surface area (Å²) in [5, 5.41) is 7.75. The van der Waals surface area contributed by atoms with E-state index in [1.807, 2.05) is 23.0 Å². The number of benzene rings is 1. The maximum Gasteiger partial charge on any atom is 0.0649 e. The van der Waals surface area contributed by atoms with Crippen molar-refractivity contribution < 1.29 is 0 Å². The van der Waals surface area contributed by atoms with Crippen LogP contribution in [0.3, 0.4) is 0 Å². The molecule has 17 heavy (non-hydrogen) atoms. The first-order valence-corrected chi connectivity index (χ1v) is 6.52. The van der Waals surface area contributed by atoms with E-state index in [0.29, 0.717) is 0 Å². The molecule has 0 bridgehead atoms. The van der Waals surface area contributed by atoms with Crippen molar-refractivity contribution in [1.29, 1.82) is 0 Å². The van der Waals surface area contributed by atoms with Crippen LogP contribution in [-0.4, -0.2) is 16.3 Å². The highest BCUT2D eigenvalue weighted by molar-refractivity contribution is 9.10. The lowest BCUT2D eigenvalue weighted by Gasteiger charge is -2.06. The van der Waals surface area contributed by atoms with Gasteiger partial charge in [0.1, 0.15) is 0 Å². The van der Waals surface area contributed by atoms with E-state index < -0.39 is 0 Å². The fourth-order valence-corrected chi connectivity index (χ4v) is 1.98. The largest absolute Gasteiger partial charge is 0.313 e. The highest BCUT2D eigenvalue weighted by Crippen LogP contribution is 2.17. The van der Waals surface area contributed by atoms with Gasteiger partial charge in [-0.2, -0.15) is 5.10 Å². The molecule has 0 amide bonds. The Kier molecular flexibility index (Phi) is 3.97. The summed E-state index contributed by atoms with van der Waals surface area (Å²) in [5.41, 5.74) is 3.52. The third kappa shape index (κ3) is 2.76. The van der Waals surface area contributed by atoms with E-state index in [1.54, 1.807) is 0 Å². The molecule has 0 aliphatic carbocycles. The van der Waals surface area contributed by atoms with E-state index in [1.165, 1.54) is 11.3 Å². The molecule has 1 aromatic heterocycles. The molecule has 0 fully saturated rings. The lowest BCUT2D eigenvalue weighted by Crippen LogP contribution is -2.12. The number of aromatic nitrogens is 2. The molecule has 0 saturated carbocycles. The smallest absolute Gasteiger partial charge is 0.0649 e. The number of nitrogens with zero attached hydrogens (tertiary/aromatic N) is 2. The maximum atomic E-state index is 4.43. The van der Waals surface area contributed by atoms with Crippen LogP contribution >= 0.6 is 15.9 Å². The van der Waals surface area contributed by atoms with E-state index in [0.717, 1.165) is 23.2 Å². The van der Waals surface area contributed by atoms with E-state index in [9.17, 15) is 0 Å². The van der Waals surface area contributed by atoms with Crippen LogP contribution in [0, 0.1) is 6.92 Å². The Morgan fingerprint density at radius 2 is 2.00 bits per heavy atom. The number of hydrogen-bond donors (Lipinski definition) is 1. The van der Waals surface area contributed by atoms with Gasteiger partial charge in [-0.15, -0.1) is 0 Å². The van der Waals surface area contributed by atoms with Crippen molar-refractivity contribution in [2.75, 3.05) is 6.54 Å². The molecule has 0 unspecified atom stereocenters. The van der Waals surface area contributed by atoms with Gasteiger partial charge >= 0.3 is 0 Å². The molecule has 1 N–H and O–H groups in total. The molecule has 4 heteroatoms. The van der Waals surface area contributed by atoms with Crippen molar-refractivity contribution in [3.63, 3.8) is 0 Å². The minimum atomic E-state index is 0.874. The second kappa shape index (κ2) is 5.47. The molecule has 1 aromatic carbocycles. The van der Waals surface area contributed by atoms with Gasteiger partial charge in [0, 0.05) is 22.3 Å². The summed E-state index contributed by atoms with van der Waals surface area (Å²) in [6, 6.07) is 8.17. The normalized spacial score (nSPS) is 10.8. The quantitative estimate of drug-likeness (QED) is 0.939. The third-order valence-corrected chi connectivity index (χ3v) is 3.28. The van der Waals surface area contributed by atoms with Crippen molar-refractivity contribution in [2.24, 2.45) is 0 Å². The summed E-state index contributed by atoms with van der Waals surface area (Å²) in [7, 11) is 0. The Morgan fingerprint density at radius 1 is 1.29 bits per heavy atom. The zero-order valence-corrected chi connectivity index (χ0v) is 11.7. The minimum absolute atomic E-state index is 0.874. The molecule has 2 rings (SSSR count). The molecule has 0 spiro atoms. The van der Waals surface area contributed by atoms with Crippen LogP contribution in [0.15, 0.2) is 34.9 Å². The molecule has 0 saturated heterocycles. The fourth-order valence-electron chi connectivity index (χ4n) is 1.72. The topological polar surface area (TPSA) is 29.9 Å². The van der Waals surface area contributed by atoms with Gasteiger partial charge in [-0.3, -0.25) is 0 Å². The van der Waals surface area contributed by atoms with Crippen LogP contribution in [-0.2, 0) is 6.54 Å². The first-order chi connectivity index (χ1) is 8.22. The predicted octanol–water partition coefficient (Wildman–Crippen LogP) is 3.05.